The molecule has 2 rings (SSSR count). The molecule has 21 heavy (non-hydrogen) atoms. The molecule has 120 valence electrons. The van der Waals surface area contributed by atoms with Gasteiger partial charge in [-0.1, -0.05) is 26.1 Å². The Morgan fingerprint density at radius 2 is 2.10 bits per heavy atom. The van der Waals surface area contributed by atoms with Crippen molar-refractivity contribution < 1.29 is 13.2 Å². The van der Waals surface area contributed by atoms with E-state index < -0.39 is 20.6 Å². The van der Waals surface area contributed by atoms with Gasteiger partial charge < -0.3 is 10.6 Å². The summed E-state index contributed by atoms with van der Waals surface area (Å²) < 4.78 is 24.5. The van der Waals surface area contributed by atoms with Crippen molar-refractivity contribution in [2.75, 3.05) is 23.8 Å². The number of thioether (sulfide) groups is 1. The Balaban J connectivity index is 2.29. The Hall–Kier alpha value is -0.340. The molecule has 2 fully saturated rings. The van der Waals surface area contributed by atoms with Gasteiger partial charge in [0.05, 0.1) is 10.4 Å². The number of hydrogen-bond acceptors (Lipinski definition) is 5. The maximum absolute atomic E-state index is 12.9. The SMILES string of the molecule is CCS(=O)(=O)C1CSCCN1C(=O)C1(C(N)=S)CC(C)C1. The van der Waals surface area contributed by atoms with Gasteiger partial charge in [-0.25, -0.2) is 8.42 Å². The molecule has 2 N–H and O–H groups in total. The molecular weight excluding hydrogens is 328 g/mol. The molecule has 1 amide bonds. The van der Waals surface area contributed by atoms with Crippen LogP contribution in [-0.2, 0) is 14.6 Å². The minimum atomic E-state index is -3.30. The summed E-state index contributed by atoms with van der Waals surface area (Å²) in [7, 11) is -3.30. The summed E-state index contributed by atoms with van der Waals surface area (Å²) in [5.74, 6) is 1.44. The molecule has 1 unspecified atom stereocenters. The van der Waals surface area contributed by atoms with Gasteiger partial charge in [0.15, 0.2) is 9.84 Å². The Labute approximate surface area is 135 Å². The van der Waals surface area contributed by atoms with Crippen LogP contribution in [0.25, 0.3) is 0 Å². The Morgan fingerprint density at radius 3 is 2.57 bits per heavy atom. The third-order valence-corrected chi connectivity index (χ3v) is 8.12. The lowest BCUT2D eigenvalue weighted by Gasteiger charge is -2.48. The molecule has 0 spiro atoms. The fourth-order valence-corrected chi connectivity index (χ4v) is 6.41. The van der Waals surface area contributed by atoms with Gasteiger partial charge in [0, 0.05) is 23.8 Å². The van der Waals surface area contributed by atoms with E-state index in [2.05, 4.69) is 6.92 Å². The molecular formula is C13H22N2O3S3. The van der Waals surface area contributed by atoms with Crippen molar-refractivity contribution in [1.29, 1.82) is 0 Å². The molecule has 1 saturated carbocycles. The monoisotopic (exact) mass is 350 g/mol. The van der Waals surface area contributed by atoms with E-state index in [4.69, 9.17) is 18.0 Å². The number of nitrogens with two attached hydrogens (primary N) is 1. The lowest BCUT2D eigenvalue weighted by molar-refractivity contribution is -0.144. The van der Waals surface area contributed by atoms with E-state index >= 15 is 0 Å². The lowest BCUT2D eigenvalue weighted by atomic mass is 9.61. The van der Waals surface area contributed by atoms with E-state index in [1.54, 1.807) is 18.7 Å². The Morgan fingerprint density at radius 1 is 1.48 bits per heavy atom. The number of nitrogens with zero attached hydrogens (tertiary/aromatic N) is 1. The van der Waals surface area contributed by atoms with Gasteiger partial charge in [0.2, 0.25) is 5.91 Å². The van der Waals surface area contributed by atoms with Crippen LogP contribution in [0.2, 0.25) is 0 Å². The normalized spacial score (nSPS) is 33.3. The van der Waals surface area contributed by atoms with Gasteiger partial charge in [0.25, 0.3) is 0 Å². The highest BCUT2D eigenvalue weighted by atomic mass is 32.2. The molecule has 0 aromatic heterocycles. The van der Waals surface area contributed by atoms with Crippen LogP contribution in [0.3, 0.4) is 0 Å². The van der Waals surface area contributed by atoms with Crippen LogP contribution in [0, 0.1) is 11.3 Å². The molecule has 8 heteroatoms. The predicted octanol–water partition coefficient (Wildman–Crippen LogP) is 1.02. The largest absolute Gasteiger partial charge is 0.392 e. The number of amides is 1. The summed E-state index contributed by atoms with van der Waals surface area (Å²) in [5.41, 5.74) is 5.00. The molecule has 0 bridgehead atoms. The fraction of sp³-hybridized carbons (Fsp3) is 0.846. The van der Waals surface area contributed by atoms with Crippen molar-refractivity contribution in [3.8, 4) is 0 Å². The van der Waals surface area contributed by atoms with Crippen LogP contribution in [0.1, 0.15) is 26.7 Å². The van der Waals surface area contributed by atoms with Gasteiger partial charge in [-0.3, -0.25) is 4.79 Å². The summed E-state index contributed by atoms with van der Waals surface area (Å²) in [4.78, 5) is 14.7. The predicted molar refractivity (Wildman–Crippen MR) is 89.9 cm³/mol. The highest BCUT2D eigenvalue weighted by molar-refractivity contribution is 8.01. The second-order valence-corrected chi connectivity index (χ2v) is 9.98. The second kappa shape index (κ2) is 6.04. The first kappa shape index (κ1) is 17.0. The van der Waals surface area contributed by atoms with Crippen molar-refractivity contribution in [1.82, 2.24) is 4.90 Å². The molecule has 1 aliphatic heterocycles. The van der Waals surface area contributed by atoms with Crippen molar-refractivity contribution >= 4 is 44.7 Å². The lowest BCUT2D eigenvalue weighted by Crippen LogP contribution is -2.61. The number of thiocarbonyl (C=S) groups is 1. The van der Waals surface area contributed by atoms with Gasteiger partial charge in [-0.15, -0.1) is 0 Å². The van der Waals surface area contributed by atoms with Crippen LogP contribution >= 0.6 is 24.0 Å². The van der Waals surface area contributed by atoms with Crippen LogP contribution in [0.15, 0.2) is 0 Å². The van der Waals surface area contributed by atoms with Crippen LogP contribution in [-0.4, -0.2) is 53.4 Å². The first-order chi connectivity index (χ1) is 9.74. The highest BCUT2D eigenvalue weighted by Gasteiger charge is 2.54. The summed E-state index contributed by atoms with van der Waals surface area (Å²) >= 11 is 6.69. The molecule has 1 heterocycles. The zero-order valence-corrected chi connectivity index (χ0v) is 14.8. The first-order valence-corrected chi connectivity index (χ1v) is 10.4. The van der Waals surface area contributed by atoms with Crippen molar-refractivity contribution in [2.24, 2.45) is 17.1 Å². The summed E-state index contributed by atoms with van der Waals surface area (Å²) in [6.45, 7) is 4.12. The Bertz CT molecular complexity index is 541. The van der Waals surface area contributed by atoms with Crippen molar-refractivity contribution in [2.45, 2.75) is 32.1 Å². The zero-order chi connectivity index (χ0) is 15.8. The number of sulfone groups is 1. The number of rotatable bonds is 4. The van der Waals surface area contributed by atoms with E-state index in [0.717, 1.165) is 5.75 Å². The minimum absolute atomic E-state index is 0.0402. The first-order valence-electron chi connectivity index (χ1n) is 7.15. The topological polar surface area (TPSA) is 80.5 Å². The van der Waals surface area contributed by atoms with Crippen LogP contribution < -0.4 is 5.73 Å². The van der Waals surface area contributed by atoms with E-state index in [0.29, 0.717) is 31.1 Å². The second-order valence-electron chi connectivity index (χ2n) is 5.94. The van der Waals surface area contributed by atoms with E-state index in [1.165, 1.54) is 4.90 Å². The smallest absolute Gasteiger partial charge is 0.236 e. The molecule has 0 radical (unpaired) electrons. The van der Waals surface area contributed by atoms with E-state index in [9.17, 15) is 13.2 Å². The Kier molecular flexibility index (Phi) is 4.90. The molecule has 1 atom stereocenters. The summed E-state index contributed by atoms with van der Waals surface area (Å²) in [5, 5.41) is -0.740. The van der Waals surface area contributed by atoms with Crippen LogP contribution in [0.5, 0.6) is 0 Å². The highest BCUT2D eigenvalue weighted by Crippen LogP contribution is 2.48. The van der Waals surface area contributed by atoms with Crippen molar-refractivity contribution in [3.05, 3.63) is 0 Å². The van der Waals surface area contributed by atoms with Gasteiger partial charge in [-0.05, 0) is 18.8 Å². The standard InChI is InChI=1S/C13H22N2O3S3/c1-3-21(17,18)10-8-20-5-4-15(10)12(16)13(11(14)19)6-9(2)7-13/h9-10H,3-8H2,1-2H3,(H2,14,19). The average Bonchev–Trinajstić information content (AvgIpc) is 2.42. The quantitative estimate of drug-likeness (QED) is 0.763. The molecule has 1 saturated heterocycles. The van der Waals surface area contributed by atoms with E-state index in [1.807, 2.05) is 0 Å². The minimum Gasteiger partial charge on any atom is -0.392 e. The third kappa shape index (κ3) is 2.94. The number of carbonyl (C=O) groups is 1. The number of hydrogen-bond donors (Lipinski definition) is 1. The summed E-state index contributed by atoms with van der Waals surface area (Å²) in [6, 6.07) is 0. The molecule has 1 aliphatic carbocycles. The zero-order valence-electron chi connectivity index (χ0n) is 12.4. The van der Waals surface area contributed by atoms with Gasteiger partial charge in [0.1, 0.15) is 5.37 Å². The molecule has 0 aromatic rings. The summed E-state index contributed by atoms with van der Waals surface area (Å²) in [6.07, 6.45) is 1.26. The number of carbonyl (C=O) groups excluding carboxylic acids is 1. The average molecular weight is 351 g/mol. The maximum Gasteiger partial charge on any atom is 0.236 e. The van der Waals surface area contributed by atoms with Gasteiger partial charge >= 0.3 is 0 Å². The third-order valence-electron chi connectivity index (χ3n) is 4.44. The molecule has 2 aliphatic rings. The molecule has 0 aromatic carbocycles. The fourth-order valence-electron chi connectivity index (χ4n) is 3.19. The van der Waals surface area contributed by atoms with Crippen molar-refractivity contribution in [3.63, 3.8) is 0 Å². The molecule has 5 nitrogen and oxygen atoms in total. The van der Waals surface area contributed by atoms with E-state index in [-0.39, 0.29) is 16.6 Å². The maximum atomic E-state index is 12.9. The van der Waals surface area contributed by atoms with Crippen LogP contribution in [0.4, 0.5) is 0 Å². The van der Waals surface area contributed by atoms with Gasteiger partial charge in [-0.2, -0.15) is 11.8 Å².